The number of aromatic nitrogens is 1. The highest BCUT2D eigenvalue weighted by Gasteiger charge is 1.97. The number of rotatable bonds is 2. The first-order valence-corrected chi connectivity index (χ1v) is 5.47. The summed E-state index contributed by atoms with van der Waals surface area (Å²) >= 11 is 0. The van der Waals surface area contributed by atoms with Gasteiger partial charge in [0, 0.05) is 11.6 Å². The third kappa shape index (κ3) is 1.95. The summed E-state index contributed by atoms with van der Waals surface area (Å²) in [4.78, 5) is 0. The van der Waals surface area contributed by atoms with Crippen molar-refractivity contribution >= 4 is 16.6 Å². The first-order chi connectivity index (χ1) is 8.43. The van der Waals surface area contributed by atoms with Gasteiger partial charge in [-0.25, -0.2) is 4.68 Å². The van der Waals surface area contributed by atoms with Crippen molar-refractivity contribution in [2.45, 2.75) is 0 Å². The van der Waals surface area contributed by atoms with Gasteiger partial charge >= 0.3 is 0 Å². The number of para-hydroxylation sites is 1. The van der Waals surface area contributed by atoms with Gasteiger partial charge in [-0.05, 0) is 24.3 Å². The number of benzene rings is 2. The molecule has 0 aliphatic rings. The fraction of sp³-hybridized carbons (Fsp3) is 0. The highest BCUT2D eigenvalue weighted by Crippen LogP contribution is 2.16. The molecule has 3 nitrogen and oxygen atoms in total. The monoisotopic (exact) mass is 221 g/mol. The largest absolute Gasteiger partial charge is 0.222 e. The molecule has 0 bridgehead atoms. The molecule has 0 saturated carbocycles. The van der Waals surface area contributed by atoms with Crippen LogP contribution in [-0.4, -0.2) is 4.68 Å². The third-order valence-electron chi connectivity index (χ3n) is 2.59. The highest BCUT2D eigenvalue weighted by molar-refractivity contribution is 5.79. The average molecular weight is 221 g/mol. The molecule has 0 unspecified atom stereocenters. The Morgan fingerprint density at radius 3 is 2.41 bits per heavy atom. The molecular weight excluding hydrogens is 210 g/mol. The maximum atomic E-state index is 4.21. The van der Waals surface area contributed by atoms with Crippen molar-refractivity contribution in [1.29, 1.82) is 0 Å². The molecule has 0 amide bonds. The zero-order valence-corrected chi connectivity index (χ0v) is 9.19. The molecule has 0 N–H and O–H groups in total. The van der Waals surface area contributed by atoms with E-state index in [0.717, 1.165) is 11.2 Å². The quantitative estimate of drug-likeness (QED) is 0.581. The van der Waals surface area contributed by atoms with Crippen LogP contribution in [0.3, 0.4) is 0 Å². The van der Waals surface area contributed by atoms with Gasteiger partial charge in [0.05, 0.1) is 11.2 Å². The molecule has 0 saturated heterocycles. The predicted molar refractivity (Wildman–Crippen MR) is 68.3 cm³/mol. The summed E-state index contributed by atoms with van der Waals surface area (Å²) in [6.45, 7) is 0. The van der Waals surface area contributed by atoms with Crippen molar-refractivity contribution in [3.05, 3.63) is 66.9 Å². The summed E-state index contributed by atoms with van der Waals surface area (Å²) in [7, 11) is 0. The Morgan fingerprint density at radius 2 is 1.53 bits per heavy atom. The van der Waals surface area contributed by atoms with E-state index < -0.39 is 0 Å². The molecule has 0 radical (unpaired) electrons. The number of hydrogen-bond acceptors (Lipinski definition) is 2. The maximum Gasteiger partial charge on any atom is 0.0874 e. The first kappa shape index (κ1) is 9.78. The Bertz CT molecular complexity index is 653. The maximum absolute atomic E-state index is 4.21. The van der Waals surface area contributed by atoms with Crippen LogP contribution < -0.4 is 0 Å². The number of fused-ring (bicyclic) bond motifs is 1. The van der Waals surface area contributed by atoms with Gasteiger partial charge in [-0.3, -0.25) is 0 Å². The Hall–Kier alpha value is -2.42. The summed E-state index contributed by atoms with van der Waals surface area (Å²) in [5, 5.41) is 9.56. The molecule has 0 aliphatic heterocycles. The minimum atomic E-state index is 0.852. The Kier molecular flexibility index (Phi) is 2.43. The SMILES string of the molecule is c1ccc(/N=N/n2ccc3ccccc32)cc1. The fourth-order valence-corrected chi connectivity index (χ4v) is 1.74. The van der Waals surface area contributed by atoms with Crippen LogP contribution in [0, 0.1) is 0 Å². The summed E-state index contributed by atoms with van der Waals surface area (Å²) < 4.78 is 1.78. The summed E-state index contributed by atoms with van der Waals surface area (Å²) in [5.41, 5.74) is 1.91. The van der Waals surface area contributed by atoms with Crippen molar-refractivity contribution in [1.82, 2.24) is 4.68 Å². The molecule has 3 rings (SSSR count). The molecule has 82 valence electrons. The van der Waals surface area contributed by atoms with Gasteiger partial charge in [0.2, 0.25) is 0 Å². The van der Waals surface area contributed by atoms with Crippen LogP contribution in [0.2, 0.25) is 0 Å². The van der Waals surface area contributed by atoms with E-state index in [9.17, 15) is 0 Å². The lowest BCUT2D eigenvalue weighted by Crippen LogP contribution is -1.82. The normalized spacial score (nSPS) is 11.3. The van der Waals surface area contributed by atoms with Crippen LogP contribution in [0.5, 0.6) is 0 Å². The van der Waals surface area contributed by atoms with Crippen LogP contribution in [0.25, 0.3) is 10.9 Å². The van der Waals surface area contributed by atoms with Gasteiger partial charge < -0.3 is 0 Å². The van der Waals surface area contributed by atoms with Crippen LogP contribution in [-0.2, 0) is 0 Å². The van der Waals surface area contributed by atoms with E-state index in [4.69, 9.17) is 0 Å². The second-order valence-corrected chi connectivity index (χ2v) is 3.74. The van der Waals surface area contributed by atoms with Crippen LogP contribution >= 0.6 is 0 Å². The van der Waals surface area contributed by atoms with Gasteiger partial charge in [0.25, 0.3) is 0 Å². The van der Waals surface area contributed by atoms with E-state index in [0.29, 0.717) is 0 Å². The number of hydrogen-bond donors (Lipinski definition) is 0. The zero-order valence-electron chi connectivity index (χ0n) is 9.19. The molecule has 3 heteroatoms. The second kappa shape index (κ2) is 4.22. The molecule has 1 aromatic heterocycles. The van der Waals surface area contributed by atoms with E-state index in [1.54, 1.807) is 4.68 Å². The molecule has 17 heavy (non-hydrogen) atoms. The lowest BCUT2D eigenvalue weighted by atomic mass is 10.3. The van der Waals surface area contributed by atoms with Gasteiger partial charge in [0.15, 0.2) is 0 Å². The van der Waals surface area contributed by atoms with E-state index in [2.05, 4.69) is 16.4 Å². The van der Waals surface area contributed by atoms with Gasteiger partial charge in [-0.1, -0.05) is 41.6 Å². The average Bonchev–Trinajstić information content (AvgIpc) is 2.81. The van der Waals surface area contributed by atoms with Crippen molar-refractivity contribution in [2.24, 2.45) is 10.3 Å². The van der Waals surface area contributed by atoms with Crippen molar-refractivity contribution < 1.29 is 0 Å². The lowest BCUT2D eigenvalue weighted by Gasteiger charge is -1.95. The second-order valence-electron chi connectivity index (χ2n) is 3.74. The Labute approximate surface area is 99.0 Å². The Balaban J connectivity index is 1.98. The summed E-state index contributed by atoms with van der Waals surface area (Å²) in [6, 6.07) is 19.8. The summed E-state index contributed by atoms with van der Waals surface area (Å²) in [5.74, 6) is 0. The van der Waals surface area contributed by atoms with Crippen LogP contribution in [0.15, 0.2) is 77.2 Å². The highest BCUT2D eigenvalue weighted by atomic mass is 15.5. The van der Waals surface area contributed by atoms with E-state index in [1.165, 1.54) is 5.39 Å². The minimum absolute atomic E-state index is 0.852. The van der Waals surface area contributed by atoms with E-state index >= 15 is 0 Å². The third-order valence-corrected chi connectivity index (χ3v) is 2.59. The molecule has 0 fully saturated rings. The fourth-order valence-electron chi connectivity index (χ4n) is 1.74. The molecule has 0 aliphatic carbocycles. The topological polar surface area (TPSA) is 29.6 Å². The van der Waals surface area contributed by atoms with E-state index in [1.807, 2.05) is 60.8 Å². The van der Waals surface area contributed by atoms with Crippen molar-refractivity contribution in [2.75, 3.05) is 0 Å². The van der Waals surface area contributed by atoms with Gasteiger partial charge in [-0.2, -0.15) is 0 Å². The zero-order chi connectivity index (χ0) is 11.5. The van der Waals surface area contributed by atoms with Crippen molar-refractivity contribution in [3.63, 3.8) is 0 Å². The van der Waals surface area contributed by atoms with Crippen LogP contribution in [0.1, 0.15) is 0 Å². The van der Waals surface area contributed by atoms with Crippen LogP contribution in [0.4, 0.5) is 5.69 Å². The first-order valence-electron chi connectivity index (χ1n) is 5.47. The predicted octanol–water partition coefficient (Wildman–Crippen LogP) is 4.19. The lowest BCUT2D eigenvalue weighted by molar-refractivity contribution is 0.841. The minimum Gasteiger partial charge on any atom is -0.222 e. The molecule has 3 aromatic rings. The Morgan fingerprint density at radius 1 is 0.765 bits per heavy atom. The molecule has 0 atom stereocenters. The standard InChI is InChI=1S/C14H11N3/c1-2-7-13(8-3-1)15-16-17-11-10-12-6-4-5-9-14(12)17/h1-11H/b16-15+. The van der Waals surface area contributed by atoms with Gasteiger partial charge in [0.1, 0.15) is 0 Å². The smallest absolute Gasteiger partial charge is 0.0874 e. The van der Waals surface area contributed by atoms with E-state index in [-0.39, 0.29) is 0 Å². The molecule has 2 aromatic carbocycles. The number of nitrogens with zero attached hydrogens (tertiary/aromatic N) is 3. The van der Waals surface area contributed by atoms with Gasteiger partial charge in [-0.15, -0.1) is 5.11 Å². The van der Waals surface area contributed by atoms with Crippen molar-refractivity contribution in [3.8, 4) is 0 Å². The molecular formula is C14H11N3. The summed E-state index contributed by atoms with van der Waals surface area (Å²) in [6.07, 6.45) is 1.91. The molecule has 1 heterocycles. The molecule has 0 spiro atoms.